The Hall–Kier alpha value is -3.25. The highest BCUT2D eigenvalue weighted by molar-refractivity contribution is 7.22. The summed E-state index contributed by atoms with van der Waals surface area (Å²) in [7, 11) is 1.64. The summed E-state index contributed by atoms with van der Waals surface area (Å²) in [6.07, 6.45) is 3.51. The molecule has 5 nitrogen and oxygen atoms in total. The fraction of sp³-hybridized carbons (Fsp3) is 0.208. The van der Waals surface area contributed by atoms with Crippen molar-refractivity contribution < 1.29 is 9.53 Å². The molecule has 152 valence electrons. The van der Waals surface area contributed by atoms with Gasteiger partial charge in [0.15, 0.2) is 5.13 Å². The van der Waals surface area contributed by atoms with E-state index in [2.05, 4.69) is 11.1 Å². The molecule has 0 atom stereocenters. The maximum absolute atomic E-state index is 13.6. The number of hydrogen-bond donors (Lipinski definition) is 0. The first-order valence-electron chi connectivity index (χ1n) is 9.69. The van der Waals surface area contributed by atoms with Crippen LogP contribution in [0.4, 0.5) is 5.13 Å². The van der Waals surface area contributed by atoms with E-state index in [4.69, 9.17) is 9.72 Å². The fourth-order valence-corrected chi connectivity index (χ4v) is 4.58. The molecule has 0 fully saturated rings. The minimum Gasteiger partial charge on any atom is -0.494 e. The number of aryl methyl sites for hydroxylation is 3. The first-order valence-corrected chi connectivity index (χ1v) is 10.5. The Bertz CT molecular complexity index is 1200. The average molecular weight is 418 g/mol. The summed E-state index contributed by atoms with van der Waals surface area (Å²) in [6.45, 7) is 6.43. The van der Waals surface area contributed by atoms with Crippen molar-refractivity contribution in [2.24, 2.45) is 0 Å². The Kier molecular flexibility index (Phi) is 5.50. The zero-order chi connectivity index (χ0) is 21.3. The van der Waals surface area contributed by atoms with E-state index in [1.807, 2.05) is 57.2 Å². The Morgan fingerprint density at radius 3 is 2.53 bits per heavy atom. The minimum atomic E-state index is -0.0821. The highest BCUT2D eigenvalue weighted by atomic mass is 32.1. The second kappa shape index (κ2) is 8.24. The van der Waals surface area contributed by atoms with E-state index in [1.165, 1.54) is 11.3 Å². The van der Waals surface area contributed by atoms with Gasteiger partial charge in [-0.1, -0.05) is 40.7 Å². The van der Waals surface area contributed by atoms with Crippen molar-refractivity contribution in [2.45, 2.75) is 27.3 Å². The maximum Gasteiger partial charge on any atom is 0.260 e. The van der Waals surface area contributed by atoms with Crippen LogP contribution in [0.3, 0.4) is 0 Å². The van der Waals surface area contributed by atoms with Gasteiger partial charge in [0, 0.05) is 18.0 Å². The van der Waals surface area contributed by atoms with Crippen molar-refractivity contribution in [3.05, 3.63) is 82.7 Å². The van der Waals surface area contributed by atoms with Gasteiger partial charge in [-0.3, -0.25) is 14.7 Å². The second-order valence-corrected chi connectivity index (χ2v) is 8.37. The molecule has 0 aliphatic carbocycles. The van der Waals surface area contributed by atoms with Gasteiger partial charge in [0.2, 0.25) is 0 Å². The van der Waals surface area contributed by atoms with Crippen LogP contribution >= 0.6 is 11.3 Å². The minimum absolute atomic E-state index is 0.0821. The van der Waals surface area contributed by atoms with Crippen LogP contribution in [-0.2, 0) is 6.54 Å². The lowest BCUT2D eigenvalue weighted by molar-refractivity contribution is 0.0985. The number of carbonyl (C=O) groups is 1. The summed E-state index contributed by atoms with van der Waals surface area (Å²) in [6, 6.07) is 13.7. The molecule has 0 aliphatic rings. The number of amides is 1. The third kappa shape index (κ3) is 3.91. The molecule has 2 aromatic heterocycles. The first kappa shape index (κ1) is 20.0. The molecule has 4 rings (SSSR count). The highest BCUT2D eigenvalue weighted by Gasteiger charge is 2.23. The van der Waals surface area contributed by atoms with E-state index in [1.54, 1.807) is 24.4 Å². The van der Waals surface area contributed by atoms with Crippen molar-refractivity contribution in [3.63, 3.8) is 0 Å². The second-order valence-electron chi connectivity index (χ2n) is 7.39. The quantitative estimate of drug-likeness (QED) is 0.432. The molecular weight excluding hydrogens is 394 g/mol. The van der Waals surface area contributed by atoms with Gasteiger partial charge < -0.3 is 4.74 Å². The van der Waals surface area contributed by atoms with Crippen LogP contribution in [0.5, 0.6) is 5.75 Å². The lowest BCUT2D eigenvalue weighted by atomic mass is 10.1. The van der Waals surface area contributed by atoms with Gasteiger partial charge >= 0.3 is 0 Å². The number of aromatic nitrogens is 2. The van der Waals surface area contributed by atoms with Gasteiger partial charge in [-0.05, 0) is 56.2 Å². The molecule has 2 heterocycles. The topological polar surface area (TPSA) is 55.3 Å². The Labute approximate surface area is 180 Å². The number of rotatable bonds is 5. The van der Waals surface area contributed by atoms with E-state index >= 15 is 0 Å². The molecule has 4 aromatic rings. The van der Waals surface area contributed by atoms with E-state index < -0.39 is 0 Å². The number of hydrogen-bond acceptors (Lipinski definition) is 5. The largest absolute Gasteiger partial charge is 0.494 e. The van der Waals surface area contributed by atoms with E-state index in [0.717, 1.165) is 32.5 Å². The molecule has 0 saturated heterocycles. The van der Waals surface area contributed by atoms with Crippen LogP contribution in [0.2, 0.25) is 0 Å². The Morgan fingerprint density at radius 2 is 1.87 bits per heavy atom. The molecule has 0 N–H and O–H groups in total. The summed E-state index contributed by atoms with van der Waals surface area (Å²) in [5.74, 6) is 0.625. The summed E-state index contributed by atoms with van der Waals surface area (Å²) in [5.41, 5.74) is 5.59. The summed E-state index contributed by atoms with van der Waals surface area (Å²) in [5, 5.41) is 0.644. The number of fused-ring (bicyclic) bond motifs is 1. The van der Waals surface area contributed by atoms with Crippen LogP contribution in [0.15, 0.2) is 54.9 Å². The van der Waals surface area contributed by atoms with Crippen LogP contribution in [0.25, 0.3) is 10.2 Å². The lowest BCUT2D eigenvalue weighted by Gasteiger charge is -2.20. The molecule has 0 unspecified atom stereocenters. The number of thiazole rings is 1. The molecule has 2 aromatic carbocycles. The molecule has 0 aliphatic heterocycles. The molecule has 0 spiro atoms. The average Bonchev–Trinajstić information content (AvgIpc) is 3.18. The van der Waals surface area contributed by atoms with Crippen molar-refractivity contribution in [3.8, 4) is 5.75 Å². The van der Waals surface area contributed by atoms with Crippen molar-refractivity contribution in [1.82, 2.24) is 9.97 Å². The lowest BCUT2D eigenvalue weighted by Crippen LogP contribution is -2.30. The molecule has 0 saturated carbocycles. The molecule has 0 bridgehead atoms. The van der Waals surface area contributed by atoms with Crippen LogP contribution in [0, 0.1) is 20.8 Å². The number of carbonyl (C=O) groups excluding carboxylic acids is 1. The number of methoxy groups -OCH3 is 1. The normalized spacial score (nSPS) is 10.9. The number of anilines is 1. The third-order valence-electron chi connectivity index (χ3n) is 4.92. The standard InChI is InChI=1S/C24H23N3O2S/c1-15-10-16(2)12-19(11-15)23(28)27(14-18-6-5-9-25-13-18)24-26-21-20(29-4)8-7-17(3)22(21)30-24/h5-13H,14H2,1-4H3. The van der Waals surface area contributed by atoms with Gasteiger partial charge in [-0.25, -0.2) is 4.98 Å². The highest BCUT2D eigenvalue weighted by Crippen LogP contribution is 2.37. The predicted octanol–water partition coefficient (Wildman–Crippen LogP) is 5.47. The number of ether oxygens (including phenoxy) is 1. The smallest absolute Gasteiger partial charge is 0.260 e. The number of nitrogens with zero attached hydrogens (tertiary/aromatic N) is 3. The van der Waals surface area contributed by atoms with Crippen molar-refractivity contribution >= 4 is 32.6 Å². The van der Waals surface area contributed by atoms with Gasteiger partial charge in [0.25, 0.3) is 5.91 Å². The summed E-state index contributed by atoms with van der Waals surface area (Å²) < 4.78 is 6.52. The monoisotopic (exact) mass is 417 g/mol. The van der Waals surface area contributed by atoms with E-state index in [0.29, 0.717) is 23.0 Å². The molecule has 1 amide bonds. The van der Waals surface area contributed by atoms with Gasteiger partial charge in [0.05, 0.1) is 18.4 Å². The molecular formula is C24H23N3O2S. The van der Waals surface area contributed by atoms with Gasteiger partial charge in [-0.15, -0.1) is 0 Å². The maximum atomic E-state index is 13.6. The summed E-state index contributed by atoms with van der Waals surface area (Å²) in [4.78, 5) is 24.4. The van der Waals surface area contributed by atoms with E-state index in [9.17, 15) is 4.79 Å². The predicted molar refractivity (Wildman–Crippen MR) is 122 cm³/mol. The Morgan fingerprint density at radius 1 is 1.10 bits per heavy atom. The molecule has 0 radical (unpaired) electrons. The number of pyridine rings is 1. The summed E-state index contributed by atoms with van der Waals surface area (Å²) >= 11 is 1.51. The van der Waals surface area contributed by atoms with E-state index in [-0.39, 0.29) is 5.91 Å². The van der Waals surface area contributed by atoms with Crippen LogP contribution < -0.4 is 9.64 Å². The molecule has 30 heavy (non-hydrogen) atoms. The first-order chi connectivity index (χ1) is 14.5. The number of benzene rings is 2. The van der Waals surface area contributed by atoms with Crippen LogP contribution in [-0.4, -0.2) is 23.0 Å². The third-order valence-corrected chi connectivity index (χ3v) is 6.13. The van der Waals surface area contributed by atoms with Crippen LogP contribution in [0.1, 0.15) is 32.6 Å². The SMILES string of the molecule is COc1ccc(C)c2sc(N(Cc3cccnc3)C(=O)c3cc(C)cc(C)c3)nc12. The zero-order valence-electron chi connectivity index (χ0n) is 17.5. The van der Waals surface area contributed by atoms with Gasteiger partial charge in [-0.2, -0.15) is 0 Å². The van der Waals surface area contributed by atoms with Crippen molar-refractivity contribution in [2.75, 3.05) is 12.0 Å². The molecule has 6 heteroatoms. The zero-order valence-corrected chi connectivity index (χ0v) is 18.3. The fourth-order valence-electron chi connectivity index (χ4n) is 3.53. The Balaban J connectivity index is 1.84. The van der Waals surface area contributed by atoms with Crippen molar-refractivity contribution in [1.29, 1.82) is 0 Å². The van der Waals surface area contributed by atoms with Gasteiger partial charge in [0.1, 0.15) is 11.3 Å².